The van der Waals surface area contributed by atoms with E-state index in [1.165, 1.54) is 16.6 Å². The highest BCUT2D eigenvalue weighted by molar-refractivity contribution is 7.19. The van der Waals surface area contributed by atoms with Gasteiger partial charge in [0.15, 0.2) is 0 Å². The first-order chi connectivity index (χ1) is 15.7. The standard InChI is InChI=1S/C22H22N8OS/c1-24-18(6-7-23)29-21(31)12-2-4-15-17(9-12)32-22-19(15)20(25-11-26-22)28-14-3-5-16-13(8-14)10-27-30-16/h3,5-8,10-12H,2,4,9,23H2,1H3,(H,27,30)(H,24,29,31)(H,25,26,28)/b7-6-. The lowest BCUT2D eigenvalue weighted by Crippen LogP contribution is -2.37. The van der Waals surface area contributed by atoms with Crippen LogP contribution in [0.3, 0.4) is 0 Å². The molecule has 3 aromatic heterocycles. The van der Waals surface area contributed by atoms with Gasteiger partial charge in [0, 0.05) is 28.9 Å². The Bertz CT molecular complexity index is 1370. The third kappa shape index (κ3) is 3.69. The molecule has 1 aliphatic rings. The number of anilines is 2. The number of benzene rings is 1. The Balaban J connectivity index is 1.42. The molecule has 0 aliphatic heterocycles. The molecule has 5 N–H and O–H groups in total. The number of H-pyrrole nitrogens is 1. The fraction of sp³-hybridized carbons (Fsp3) is 0.227. The van der Waals surface area contributed by atoms with E-state index >= 15 is 0 Å². The number of aryl methyl sites for hydroxylation is 1. The molecule has 10 heteroatoms. The molecule has 1 aliphatic carbocycles. The number of carbonyl (C=O) groups is 1. The molecule has 9 nitrogen and oxygen atoms in total. The molecular weight excluding hydrogens is 424 g/mol. The molecule has 0 spiro atoms. The Morgan fingerprint density at radius 2 is 2.28 bits per heavy atom. The largest absolute Gasteiger partial charge is 0.404 e. The van der Waals surface area contributed by atoms with Crippen molar-refractivity contribution >= 4 is 55.7 Å². The number of thiophene rings is 1. The number of amides is 1. The van der Waals surface area contributed by atoms with Gasteiger partial charge in [0.2, 0.25) is 5.91 Å². The average Bonchev–Trinajstić information content (AvgIpc) is 3.42. The van der Waals surface area contributed by atoms with Crippen molar-refractivity contribution < 1.29 is 4.79 Å². The van der Waals surface area contributed by atoms with Crippen LogP contribution in [0.15, 0.2) is 48.0 Å². The predicted octanol–water partition coefficient (Wildman–Crippen LogP) is 3.03. The highest BCUT2D eigenvalue weighted by atomic mass is 32.1. The van der Waals surface area contributed by atoms with Gasteiger partial charge < -0.3 is 16.4 Å². The van der Waals surface area contributed by atoms with E-state index in [9.17, 15) is 4.79 Å². The van der Waals surface area contributed by atoms with Crippen LogP contribution in [0, 0.1) is 5.92 Å². The lowest BCUT2D eigenvalue weighted by molar-refractivity contribution is -0.123. The van der Waals surface area contributed by atoms with Gasteiger partial charge in [0.1, 0.15) is 22.8 Å². The number of aliphatic imine (C=N–C) groups is 1. The van der Waals surface area contributed by atoms with Crippen LogP contribution in [0.25, 0.3) is 21.1 Å². The predicted molar refractivity (Wildman–Crippen MR) is 127 cm³/mol. The van der Waals surface area contributed by atoms with Gasteiger partial charge in [0.05, 0.1) is 17.1 Å². The topological polar surface area (TPSA) is 134 Å². The number of rotatable bonds is 4. The molecule has 5 rings (SSSR count). The van der Waals surface area contributed by atoms with E-state index in [1.54, 1.807) is 37.0 Å². The molecule has 0 fully saturated rings. The van der Waals surface area contributed by atoms with Crippen molar-refractivity contribution in [3.05, 3.63) is 53.4 Å². The molecule has 0 radical (unpaired) electrons. The Morgan fingerprint density at radius 3 is 3.12 bits per heavy atom. The van der Waals surface area contributed by atoms with Gasteiger partial charge in [0.25, 0.3) is 0 Å². The Hall–Kier alpha value is -3.79. The van der Waals surface area contributed by atoms with E-state index in [4.69, 9.17) is 5.73 Å². The molecule has 32 heavy (non-hydrogen) atoms. The van der Waals surface area contributed by atoms with Crippen LogP contribution in [-0.4, -0.2) is 39.0 Å². The zero-order chi connectivity index (χ0) is 22.1. The number of hydrogen-bond acceptors (Lipinski definition) is 8. The monoisotopic (exact) mass is 446 g/mol. The number of aromatic nitrogens is 4. The molecule has 1 amide bonds. The summed E-state index contributed by atoms with van der Waals surface area (Å²) in [5.41, 5.74) is 8.57. The third-order valence-electron chi connectivity index (χ3n) is 5.67. The van der Waals surface area contributed by atoms with Crippen molar-refractivity contribution in [2.45, 2.75) is 19.3 Å². The summed E-state index contributed by atoms with van der Waals surface area (Å²) >= 11 is 1.63. The maximum Gasteiger partial charge on any atom is 0.229 e. The number of aromatic amines is 1. The van der Waals surface area contributed by atoms with E-state index in [0.29, 0.717) is 12.3 Å². The summed E-state index contributed by atoms with van der Waals surface area (Å²) in [6.07, 6.45) is 8.55. The molecule has 3 heterocycles. The third-order valence-corrected chi connectivity index (χ3v) is 6.83. The van der Waals surface area contributed by atoms with Crippen molar-refractivity contribution in [3.8, 4) is 0 Å². The number of hydrogen-bond donors (Lipinski definition) is 4. The zero-order valence-corrected chi connectivity index (χ0v) is 18.2. The minimum atomic E-state index is -0.119. The molecule has 0 saturated carbocycles. The van der Waals surface area contributed by atoms with Crippen molar-refractivity contribution in [1.82, 2.24) is 25.5 Å². The van der Waals surface area contributed by atoms with Crippen LogP contribution in [-0.2, 0) is 17.6 Å². The van der Waals surface area contributed by atoms with E-state index in [2.05, 4.69) is 35.8 Å². The molecule has 1 aromatic carbocycles. The van der Waals surface area contributed by atoms with Crippen LogP contribution in [0.2, 0.25) is 0 Å². The molecule has 4 aromatic rings. The Labute approximate surface area is 187 Å². The normalized spacial score (nSPS) is 16.5. The van der Waals surface area contributed by atoms with Gasteiger partial charge in [-0.2, -0.15) is 5.10 Å². The van der Waals surface area contributed by atoms with E-state index in [1.807, 2.05) is 18.2 Å². The molecule has 1 unspecified atom stereocenters. The van der Waals surface area contributed by atoms with Gasteiger partial charge in [-0.25, -0.2) is 9.97 Å². The first-order valence-corrected chi connectivity index (χ1v) is 11.1. The van der Waals surface area contributed by atoms with E-state index in [0.717, 1.165) is 45.5 Å². The summed E-state index contributed by atoms with van der Waals surface area (Å²) in [7, 11) is 1.62. The van der Waals surface area contributed by atoms with Crippen molar-refractivity contribution in [3.63, 3.8) is 0 Å². The van der Waals surface area contributed by atoms with Crippen LogP contribution in [0.5, 0.6) is 0 Å². The Morgan fingerprint density at radius 1 is 1.38 bits per heavy atom. The summed E-state index contributed by atoms with van der Waals surface area (Å²) in [6.45, 7) is 0. The minimum Gasteiger partial charge on any atom is -0.404 e. The zero-order valence-electron chi connectivity index (χ0n) is 17.4. The van der Waals surface area contributed by atoms with Crippen LogP contribution in [0.1, 0.15) is 16.9 Å². The molecule has 0 bridgehead atoms. The highest BCUT2D eigenvalue weighted by Crippen LogP contribution is 2.40. The van der Waals surface area contributed by atoms with Gasteiger partial charge in [-0.05, 0) is 55.3 Å². The number of nitrogens with one attached hydrogen (secondary N) is 3. The van der Waals surface area contributed by atoms with E-state index < -0.39 is 0 Å². The van der Waals surface area contributed by atoms with E-state index in [-0.39, 0.29) is 11.8 Å². The first kappa shape index (κ1) is 20.1. The van der Waals surface area contributed by atoms with Crippen LogP contribution < -0.4 is 16.4 Å². The molecular formula is C22H22N8OS. The molecule has 1 atom stereocenters. The minimum absolute atomic E-state index is 0.0374. The summed E-state index contributed by atoms with van der Waals surface area (Å²) in [5, 5.41) is 15.4. The van der Waals surface area contributed by atoms with Gasteiger partial charge in [-0.15, -0.1) is 11.3 Å². The quantitative estimate of drug-likeness (QED) is 0.281. The summed E-state index contributed by atoms with van der Waals surface area (Å²) in [5.74, 6) is 1.09. The lowest BCUT2D eigenvalue weighted by atomic mass is 9.87. The smallest absolute Gasteiger partial charge is 0.229 e. The maximum atomic E-state index is 12.8. The van der Waals surface area contributed by atoms with Crippen molar-refractivity contribution in [2.75, 3.05) is 12.4 Å². The highest BCUT2D eigenvalue weighted by Gasteiger charge is 2.29. The molecule has 0 saturated heterocycles. The van der Waals surface area contributed by atoms with Gasteiger partial charge in [-0.3, -0.25) is 14.9 Å². The van der Waals surface area contributed by atoms with Crippen LogP contribution >= 0.6 is 11.3 Å². The summed E-state index contributed by atoms with van der Waals surface area (Å²) < 4.78 is 0. The lowest BCUT2D eigenvalue weighted by Gasteiger charge is -2.21. The van der Waals surface area contributed by atoms with Crippen LogP contribution in [0.4, 0.5) is 11.5 Å². The number of carbonyl (C=O) groups excluding carboxylic acids is 1. The summed E-state index contributed by atoms with van der Waals surface area (Å²) in [6, 6.07) is 6.02. The molecule has 162 valence electrons. The van der Waals surface area contributed by atoms with Crippen molar-refractivity contribution in [1.29, 1.82) is 0 Å². The first-order valence-electron chi connectivity index (χ1n) is 10.3. The SMILES string of the molecule is CN=C(/C=C\N)NC(=O)C1CCc2c(sc3ncnc(Nc4ccc5[nH]ncc5c4)c23)C1. The average molecular weight is 447 g/mol. The summed E-state index contributed by atoms with van der Waals surface area (Å²) in [4.78, 5) is 27.9. The number of nitrogens with zero attached hydrogens (tertiary/aromatic N) is 4. The van der Waals surface area contributed by atoms with Gasteiger partial charge >= 0.3 is 0 Å². The number of fused-ring (bicyclic) bond motifs is 4. The Kier molecular flexibility index (Phi) is 5.28. The number of amidine groups is 1. The fourth-order valence-electron chi connectivity index (χ4n) is 4.08. The van der Waals surface area contributed by atoms with Crippen molar-refractivity contribution in [2.24, 2.45) is 16.6 Å². The fourth-order valence-corrected chi connectivity index (χ4v) is 5.34. The maximum absolute atomic E-state index is 12.8. The second-order valence-corrected chi connectivity index (χ2v) is 8.68. The second-order valence-electron chi connectivity index (χ2n) is 7.60. The second kappa shape index (κ2) is 8.39. The number of nitrogens with two attached hydrogens (primary N) is 1. The van der Waals surface area contributed by atoms with Gasteiger partial charge in [-0.1, -0.05) is 0 Å².